The molecule has 0 unspecified atom stereocenters. The second-order valence-electron chi connectivity index (χ2n) is 5.62. The van der Waals surface area contributed by atoms with E-state index in [1.807, 2.05) is 4.90 Å². The molecule has 0 aliphatic carbocycles. The monoisotopic (exact) mass is 340 g/mol. The number of hydrogen-bond acceptors (Lipinski definition) is 4. The molecule has 1 saturated heterocycles. The van der Waals surface area contributed by atoms with Crippen LogP contribution >= 0.6 is 0 Å². The van der Waals surface area contributed by atoms with Crippen molar-refractivity contribution < 1.29 is 17.9 Å². The molecule has 0 spiro atoms. The first kappa shape index (κ1) is 17.9. The summed E-state index contributed by atoms with van der Waals surface area (Å²) in [6.07, 6.45) is 3.84. The number of sulfonamides is 1. The number of ether oxygens (including phenoxy) is 1. The number of likely N-dealkylation sites (tertiary alicyclic amines) is 1. The minimum absolute atomic E-state index is 0.0262. The molecule has 23 heavy (non-hydrogen) atoms. The molecular weight excluding hydrogens is 316 g/mol. The summed E-state index contributed by atoms with van der Waals surface area (Å²) in [6, 6.07) is 6.13. The molecule has 0 saturated carbocycles. The summed E-state index contributed by atoms with van der Waals surface area (Å²) in [6.45, 7) is 2.39. The maximum absolute atomic E-state index is 12.4. The van der Waals surface area contributed by atoms with Gasteiger partial charge in [0.15, 0.2) is 0 Å². The lowest BCUT2D eigenvalue weighted by atomic mass is 10.1. The first-order valence-electron chi connectivity index (χ1n) is 7.92. The van der Waals surface area contributed by atoms with Crippen molar-refractivity contribution >= 4 is 15.9 Å². The maximum atomic E-state index is 12.4. The Hall–Kier alpha value is -1.44. The van der Waals surface area contributed by atoms with Crippen LogP contribution in [0.4, 0.5) is 0 Å². The van der Waals surface area contributed by atoms with E-state index in [2.05, 4.69) is 4.72 Å². The highest BCUT2D eigenvalue weighted by molar-refractivity contribution is 7.89. The van der Waals surface area contributed by atoms with Crippen LogP contribution in [0, 0.1) is 0 Å². The molecule has 0 aromatic heterocycles. The molecule has 1 aromatic rings. The Labute approximate surface area is 137 Å². The Balaban J connectivity index is 1.99. The van der Waals surface area contributed by atoms with Crippen LogP contribution in [0.25, 0.3) is 0 Å². The topological polar surface area (TPSA) is 75.7 Å². The van der Waals surface area contributed by atoms with Gasteiger partial charge >= 0.3 is 0 Å². The summed E-state index contributed by atoms with van der Waals surface area (Å²) in [5.74, 6) is -0.0262. The summed E-state index contributed by atoms with van der Waals surface area (Å²) < 4.78 is 31.7. The molecule has 1 amide bonds. The molecule has 128 valence electrons. The third kappa shape index (κ3) is 5.02. The zero-order valence-corrected chi connectivity index (χ0v) is 14.3. The van der Waals surface area contributed by atoms with Crippen LogP contribution < -0.4 is 4.72 Å². The number of hydrogen-bond donors (Lipinski definition) is 1. The lowest BCUT2D eigenvalue weighted by Crippen LogP contribution is -2.35. The van der Waals surface area contributed by atoms with Crippen molar-refractivity contribution in [3.05, 3.63) is 29.8 Å². The van der Waals surface area contributed by atoms with E-state index in [9.17, 15) is 13.2 Å². The number of rotatable bonds is 7. The van der Waals surface area contributed by atoms with Gasteiger partial charge in [-0.1, -0.05) is 0 Å². The van der Waals surface area contributed by atoms with Gasteiger partial charge in [-0.25, -0.2) is 13.1 Å². The number of piperidine rings is 1. The van der Waals surface area contributed by atoms with Crippen molar-refractivity contribution in [1.29, 1.82) is 0 Å². The maximum Gasteiger partial charge on any atom is 0.253 e. The largest absolute Gasteiger partial charge is 0.385 e. The van der Waals surface area contributed by atoms with E-state index >= 15 is 0 Å². The molecular formula is C16H24N2O4S. The molecule has 1 fully saturated rings. The molecule has 1 aliphatic heterocycles. The van der Waals surface area contributed by atoms with Gasteiger partial charge in [-0.05, 0) is 49.9 Å². The minimum atomic E-state index is -3.54. The second-order valence-corrected chi connectivity index (χ2v) is 7.39. The Morgan fingerprint density at radius 1 is 1.17 bits per heavy atom. The van der Waals surface area contributed by atoms with Gasteiger partial charge < -0.3 is 9.64 Å². The van der Waals surface area contributed by atoms with Gasteiger partial charge in [0.2, 0.25) is 10.0 Å². The summed E-state index contributed by atoms with van der Waals surface area (Å²) in [5.41, 5.74) is 0.533. The number of nitrogens with one attached hydrogen (secondary N) is 1. The minimum Gasteiger partial charge on any atom is -0.385 e. The summed E-state index contributed by atoms with van der Waals surface area (Å²) in [4.78, 5) is 14.4. The van der Waals surface area contributed by atoms with Crippen LogP contribution in [-0.2, 0) is 14.8 Å². The van der Waals surface area contributed by atoms with Crippen molar-refractivity contribution in [3.63, 3.8) is 0 Å². The van der Waals surface area contributed by atoms with Gasteiger partial charge in [-0.3, -0.25) is 4.79 Å². The fourth-order valence-electron chi connectivity index (χ4n) is 2.56. The lowest BCUT2D eigenvalue weighted by molar-refractivity contribution is 0.0724. The Morgan fingerprint density at radius 2 is 1.83 bits per heavy atom. The lowest BCUT2D eigenvalue weighted by Gasteiger charge is -2.26. The zero-order valence-electron chi connectivity index (χ0n) is 13.5. The molecule has 7 heteroatoms. The normalized spacial score (nSPS) is 15.6. The van der Waals surface area contributed by atoms with Crippen molar-refractivity contribution in [2.24, 2.45) is 0 Å². The quantitative estimate of drug-likeness (QED) is 0.766. The van der Waals surface area contributed by atoms with Gasteiger partial charge in [0, 0.05) is 38.9 Å². The fraction of sp³-hybridized carbons (Fsp3) is 0.562. The zero-order chi connectivity index (χ0) is 16.7. The molecule has 0 bridgehead atoms. The van der Waals surface area contributed by atoms with Crippen LogP contribution in [-0.4, -0.2) is 52.6 Å². The van der Waals surface area contributed by atoms with Crippen molar-refractivity contribution in [1.82, 2.24) is 9.62 Å². The highest BCUT2D eigenvalue weighted by Gasteiger charge is 2.19. The van der Waals surface area contributed by atoms with Crippen LogP contribution in [0.5, 0.6) is 0 Å². The molecule has 1 N–H and O–H groups in total. The molecule has 0 radical (unpaired) electrons. The van der Waals surface area contributed by atoms with E-state index in [4.69, 9.17) is 4.74 Å². The SMILES string of the molecule is COCCCNS(=O)(=O)c1ccc(C(=O)N2CCCCC2)cc1. The highest BCUT2D eigenvalue weighted by Crippen LogP contribution is 2.15. The van der Waals surface area contributed by atoms with E-state index in [-0.39, 0.29) is 10.8 Å². The van der Waals surface area contributed by atoms with E-state index in [0.29, 0.717) is 25.1 Å². The molecule has 1 heterocycles. The number of amides is 1. The number of methoxy groups -OCH3 is 1. The fourth-order valence-corrected chi connectivity index (χ4v) is 3.64. The first-order chi connectivity index (χ1) is 11.0. The summed E-state index contributed by atoms with van der Waals surface area (Å²) in [5, 5.41) is 0. The van der Waals surface area contributed by atoms with Gasteiger partial charge in [0.1, 0.15) is 0 Å². The van der Waals surface area contributed by atoms with Crippen LogP contribution in [0.3, 0.4) is 0 Å². The third-order valence-corrected chi connectivity index (χ3v) is 5.35. The Morgan fingerprint density at radius 3 is 2.43 bits per heavy atom. The molecule has 2 rings (SSSR count). The standard InChI is InChI=1S/C16H24N2O4S/c1-22-13-5-10-17-23(20,21)15-8-6-14(7-9-15)16(19)18-11-3-2-4-12-18/h6-9,17H,2-5,10-13H2,1H3. The first-order valence-corrected chi connectivity index (χ1v) is 9.41. The third-order valence-electron chi connectivity index (χ3n) is 3.87. The van der Waals surface area contributed by atoms with E-state index in [1.54, 1.807) is 19.2 Å². The summed E-state index contributed by atoms with van der Waals surface area (Å²) >= 11 is 0. The number of carbonyl (C=O) groups is 1. The van der Waals surface area contributed by atoms with E-state index in [1.165, 1.54) is 12.1 Å². The highest BCUT2D eigenvalue weighted by atomic mass is 32.2. The number of carbonyl (C=O) groups excluding carboxylic acids is 1. The molecule has 1 aliphatic rings. The van der Waals surface area contributed by atoms with Crippen molar-refractivity contribution in [2.45, 2.75) is 30.6 Å². The van der Waals surface area contributed by atoms with Gasteiger partial charge in [0.05, 0.1) is 4.90 Å². The molecule has 1 aromatic carbocycles. The van der Waals surface area contributed by atoms with E-state index < -0.39 is 10.0 Å². The molecule has 6 nitrogen and oxygen atoms in total. The van der Waals surface area contributed by atoms with Gasteiger partial charge in [0.25, 0.3) is 5.91 Å². The van der Waals surface area contributed by atoms with E-state index in [0.717, 1.165) is 32.4 Å². The molecule has 0 atom stereocenters. The average Bonchev–Trinajstić information content (AvgIpc) is 2.59. The predicted molar refractivity (Wildman–Crippen MR) is 87.9 cm³/mol. The smallest absolute Gasteiger partial charge is 0.253 e. The van der Waals surface area contributed by atoms with Crippen molar-refractivity contribution in [2.75, 3.05) is 33.4 Å². The summed E-state index contributed by atoms with van der Waals surface area (Å²) in [7, 11) is -1.96. The van der Waals surface area contributed by atoms with Crippen molar-refractivity contribution in [3.8, 4) is 0 Å². The second kappa shape index (κ2) is 8.42. The Bertz CT molecular complexity index is 607. The van der Waals surface area contributed by atoms with Crippen LogP contribution in [0.2, 0.25) is 0 Å². The van der Waals surface area contributed by atoms with Crippen LogP contribution in [0.15, 0.2) is 29.2 Å². The van der Waals surface area contributed by atoms with Gasteiger partial charge in [-0.2, -0.15) is 0 Å². The number of benzene rings is 1. The Kier molecular flexibility index (Phi) is 6.56. The van der Waals surface area contributed by atoms with Crippen LogP contribution in [0.1, 0.15) is 36.0 Å². The predicted octanol–water partition coefficient (Wildman–Crippen LogP) is 1.63. The van der Waals surface area contributed by atoms with Gasteiger partial charge in [-0.15, -0.1) is 0 Å². The number of nitrogens with zero attached hydrogens (tertiary/aromatic N) is 1. The average molecular weight is 340 g/mol.